The van der Waals surface area contributed by atoms with Crippen LogP contribution in [0.2, 0.25) is 0 Å². The molecule has 2 amide bonds. The highest BCUT2D eigenvalue weighted by molar-refractivity contribution is 5.94. The Balaban J connectivity index is 0.00000225. The summed E-state index contributed by atoms with van der Waals surface area (Å²) in [4.78, 5) is 29.3. The van der Waals surface area contributed by atoms with E-state index in [1.807, 2.05) is 4.90 Å². The van der Waals surface area contributed by atoms with Crippen molar-refractivity contribution in [2.75, 3.05) is 52.9 Å². The largest absolute Gasteiger partial charge is 0.497 e. The number of methoxy groups -OCH3 is 1. The van der Waals surface area contributed by atoms with E-state index in [-0.39, 0.29) is 36.6 Å². The molecule has 0 radical (unpaired) electrons. The molecule has 1 aliphatic carbocycles. The summed E-state index contributed by atoms with van der Waals surface area (Å²) in [6.45, 7) is 5.23. The average molecular weight is 461 g/mol. The Labute approximate surface area is 191 Å². The van der Waals surface area contributed by atoms with Crippen molar-refractivity contribution >= 4 is 36.6 Å². The fourth-order valence-electron chi connectivity index (χ4n) is 4.24. The third kappa shape index (κ3) is 6.74. The Bertz CT molecular complexity index is 667. The first-order valence-corrected chi connectivity index (χ1v) is 10.3. The van der Waals surface area contributed by atoms with Crippen LogP contribution in [0.15, 0.2) is 24.3 Å². The number of amides is 2. The van der Waals surface area contributed by atoms with Crippen LogP contribution in [-0.4, -0.2) is 74.5 Å². The van der Waals surface area contributed by atoms with Gasteiger partial charge in [0.15, 0.2) is 0 Å². The molecule has 2 atom stereocenters. The van der Waals surface area contributed by atoms with Crippen LogP contribution < -0.4 is 15.8 Å². The van der Waals surface area contributed by atoms with Gasteiger partial charge >= 0.3 is 0 Å². The Morgan fingerprint density at radius 1 is 1.10 bits per heavy atom. The molecule has 3 rings (SSSR count). The van der Waals surface area contributed by atoms with Gasteiger partial charge in [-0.2, -0.15) is 0 Å². The summed E-state index contributed by atoms with van der Waals surface area (Å²) in [6, 6.07) is 7.09. The molecule has 0 spiro atoms. The smallest absolute Gasteiger partial charge is 0.251 e. The third-order valence-corrected chi connectivity index (χ3v) is 6.03. The van der Waals surface area contributed by atoms with Crippen LogP contribution in [0.4, 0.5) is 0 Å². The second kappa shape index (κ2) is 13.0. The quantitative estimate of drug-likeness (QED) is 0.647. The first kappa shape index (κ1) is 26.5. The van der Waals surface area contributed by atoms with E-state index in [9.17, 15) is 9.59 Å². The highest BCUT2D eigenvalue weighted by atomic mass is 35.5. The number of ether oxygens (including phenoxy) is 1. The lowest BCUT2D eigenvalue weighted by molar-refractivity contribution is -0.138. The minimum Gasteiger partial charge on any atom is -0.497 e. The van der Waals surface area contributed by atoms with E-state index in [0.29, 0.717) is 30.5 Å². The lowest BCUT2D eigenvalue weighted by Gasteiger charge is -2.36. The molecule has 170 valence electrons. The van der Waals surface area contributed by atoms with Crippen molar-refractivity contribution in [3.05, 3.63) is 29.8 Å². The lowest BCUT2D eigenvalue weighted by atomic mass is 9.94. The predicted octanol–water partition coefficient (Wildman–Crippen LogP) is 1.79. The average Bonchev–Trinajstić information content (AvgIpc) is 3.22. The minimum absolute atomic E-state index is 0. The van der Waals surface area contributed by atoms with Gasteiger partial charge in [-0.15, -0.1) is 24.8 Å². The number of nitrogens with zero attached hydrogens (tertiary/aromatic N) is 2. The van der Waals surface area contributed by atoms with E-state index in [1.165, 1.54) is 0 Å². The number of carbonyl (C=O) groups excluding carboxylic acids is 2. The van der Waals surface area contributed by atoms with Crippen LogP contribution in [0.5, 0.6) is 5.75 Å². The number of benzene rings is 1. The van der Waals surface area contributed by atoms with Crippen LogP contribution in [-0.2, 0) is 4.79 Å². The van der Waals surface area contributed by atoms with Gasteiger partial charge in [0.1, 0.15) is 5.75 Å². The van der Waals surface area contributed by atoms with E-state index in [4.69, 9.17) is 10.5 Å². The highest BCUT2D eigenvalue weighted by Crippen LogP contribution is 2.32. The first-order valence-electron chi connectivity index (χ1n) is 10.3. The predicted molar refractivity (Wildman–Crippen MR) is 123 cm³/mol. The van der Waals surface area contributed by atoms with E-state index in [1.54, 1.807) is 31.4 Å². The zero-order chi connectivity index (χ0) is 19.9. The number of nitrogens with two attached hydrogens (primary N) is 1. The summed E-state index contributed by atoms with van der Waals surface area (Å²) in [6.07, 6.45) is 3.19. The Morgan fingerprint density at radius 3 is 2.37 bits per heavy atom. The molecule has 3 N–H and O–H groups in total. The summed E-state index contributed by atoms with van der Waals surface area (Å²) in [5.74, 6) is 1.43. The van der Waals surface area contributed by atoms with Gasteiger partial charge in [-0.25, -0.2) is 0 Å². The van der Waals surface area contributed by atoms with Gasteiger partial charge in [-0.1, -0.05) is 6.42 Å². The van der Waals surface area contributed by atoms with Gasteiger partial charge in [0.2, 0.25) is 5.91 Å². The van der Waals surface area contributed by atoms with E-state index < -0.39 is 0 Å². The molecule has 0 bridgehead atoms. The molecule has 2 aliphatic rings. The summed E-state index contributed by atoms with van der Waals surface area (Å²) in [7, 11) is 1.60. The molecule has 0 unspecified atom stereocenters. The molecule has 1 aromatic carbocycles. The number of piperazine rings is 1. The van der Waals surface area contributed by atoms with Gasteiger partial charge in [0.05, 0.1) is 7.11 Å². The van der Waals surface area contributed by atoms with Gasteiger partial charge < -0.3 is 20.7 Å². The second-order valence-electron chi connectivity index (χ2n) is 7.68. The Hall–Kier alpha value is -1.54. The number of hydrogen-bond acceptors (Lipinski definition) is 5. The van der Waals surface area contributed by atoms with Gasteiger partial charge in [0.25, 0.3) is 5.91 Å². The van der Waals surface area contributed by atoms with E-state index in [0.717, 1.165) is 57.7 Å². The Kier molecular flexibility index (Phi) is 11.5. The zero-order valence-electron chi connectivity index (χ0n) is 17.5. The van der Waals surface area contributed by atoms with Crippen molar-refractivity contribution in [3.63, 3.8) is 0 Å². The minimum atomic E-state index is -0.0782. The first-order chi connectivity index (χ1) is 13.6. The van der Waals surface area contributed by atoms with Gasteiger partial charge in [0, 0.05) is 50.7 Å². The highest BCUT2D eigenvalue weighted by Gasteiger charge is 2.35. The third-order valence-electron chi connectivity index (χ3n) is 6.03. The fourth-order valence-corrected chi connectivity index (χ4v) is 4.24. The van der Waals surface area contributed by atoms with Crippen molar-refractivity contribution in [3.8, 4) is 5.75 Å². The summed E-state index contributed by atoms with van der Waals surface area (Å²) < 4.78 is 5.11. The fraction of sp³-hybridized carbons (Fsp3) is 0.619. The molecule has 1 aliphatic heterocycles. The summed E-state index contributed by atoms with van der Waals surface area (Å²) >= 11 is 0. The molecule has 2 fully saturated rings. The van der Waals surface area contributed by atoms with Crippen LogP contribution in [0.3, 0.4) is 0 Å². The number of rotatable bonds is 7. The molecular weight excluding hydrogens is 427 g/mol. The second-order valence-corrected chi connectivity index (χ2v) is 7.68. The maximum absolute atomic E-state index is 12.8. The molecule has 1 heterocycles. The molecule has 1 saturated carbocycles. The molecule has 9 heteroatoms. The van der Waals surface area contributed by atoms with E-state index >= 15 is 0 Å². The van der Waals surface area contributed by atoms with Crippen molar-refractivity contribution in [2.24, 2.45) is 17.6 Å². The van der Waals surface area contributed by atoms with Crippen molar-refractivity contribution in [2.45, 2.75) is 19.3 Å². The molecule has 0 aromatic heterocycles. The van der Waals surface area contributed by atoms with Gasteiger partial charge in [-0.05, 0) is 49.6 Å². The van der Waals surface area contributed by atoms with Crippen LogP contribution in [0, 0.1) is 11.8 Å². The van der Waals surface area contributed by atoms with Crippen LogP contribution in [0.1, 0.15) is 29.6 Å². The standard InChI is InChI=1S/C21H32N4O3.2ClH/c1-28-18-7-5-16(6-8-18)20(26)23-9-10-24-11-13-25(14-12-24)21(27)19-4-2-3-17(19)15-22;;/h5-8,17,19H,2-4,9-15,22H2,1H3,(H,23,26);2*1H/t17-,19-;;/m1../s1. The summed E-state index contributed by atoms with van der Waals surface area (Å²) in [5.41, 5.74) is 6.46. The Morgan fingerprint density at radius 2 is 1.77 bits per heavy atom. The molecule has 7 nitrogen and oxygen atoms in total. The van der Waals surface area contributed by atoms with Crippen LogP contribution in [0.25, 0.3) is 0 Å². The number of carbonyl (C=O) groups is 2. The zero-order valence-corrected chi connectivity index (χ0v) is 19.2. The maximum Gasteiger partial charge on any atom is 0.251 e. The van der Waals surface area contributed by atoms with E-state index in [2.05, 4.69) is 10.2 Å². The number of nitrogens with one attached hydrogen (secondary N) is 1. The number of hydrogen-bond donors (Lipinski definition) is 2. The molecule has 30 heavy (non-hydrogen) atoms. The van der Waals surface area contributed by atoms with Crippen molar-refractivity contribution in [1.82, 2.24) is 15.1 Å². The van der Waals surface area contributed by atoms with Gasteiger partial charge in [-0.3, -0.25) is 14.5 Å². The topological polar surface area (TPSA) is 87.9 Å². The molecule has 1 saturated heterocycles. The molecular formula is C21H34Cl2N4O3. The van der Waals surface area contributed by atoms with Crippen molar-refractivity contribution < 1.29 is 14.3 Å². The van der Waals surface area contributed by atoms with Crippen molar-refractivity contribution in [1.29, 1.82) is 0 Å². The van der Waals surface area contributed by atoms with Crippen LogP contribution >= 0.6 is 24.8 Å². The lowest BCUT2D eigenvalue weighted by Crippen LogP contribution is -2.52. The SMILES string of the molecule is COc1ccc(C(=O)NCCN2CCN(C(=O)[C@@H]3CCC[C@@H]3CN)CC2)cc1.Cl.Cl. The number of halogens is 2. The summed E-state index contributed by atoms with van der Waals surface area (Å²) in [5, 5.41) is 2.96. The molecule has 1 aromatic rings. The normalized spacial score (nSPS) is 21.3. The monoisotopic (exact) mass is 460 g/mol. The maximum atomic E-state index is 12.8.